The molecule has 0 aromatic carbocycles. The van der Waals surface area contributed by atoms with Crippen LogP contribution < -0.4 is 5.32 Å². The Morgan fingerprint density at radius 3 is 2.95 bits per heavy atom. The summed E-state index contributed by atoms with van der Waals surface area (Å²) < 4.78 is 2.04. The number of rotatable bonds is 5. The summed E-state index contributed by atoms with van der Waals surface area (Å²) in [6.45, 7) is 5.53. The van der Waals surface area contributed by atoms with Crippen LogP contribution in [0.5, 0.6) is 0 Å². The van der Waals surface area contributed by atoms with Crippen LogP contribution in [0.2, 0.25) is 0 Å². The summed E-state index contributed by atoms with van der Waals surface area (Å²) in [4.78, 5) is 8.30. The number of nitrogens with zero attached hydrogens (tertiary/aromatic N) is 4. The molecule has 98 valence electrons. The summed E-state index contributed by atoms with van der Waals surface area (Å²) in [5, 5.41) is 12.5. The zero-order valence-electron chi connectivity index (χ0n) is 11.2. The number of aryl methyl sites for hydroxylation is 3. The highest BCUT2D eigenvalue weighted by atomic mass is 15.0. The van der Waals surface area contributed by atoms with Crippen molar-refractivity contribution in [3.8, 4) is 6.07 Å². The smallest absolute Gasteiger partial charge is 0.103 e. The van der Waals surface area contributed by atoms with Gasteiger partial charge in [-0.15, -0.1) is 0 Å². The van der Waals surface area contributed by atoms with Gasteiger partial charge in [-0.2, -0.15) is 5.26 Å². The fraction of sp³-hybridized carbons (Fsp3) is 0.357. The van der Waals surface area contributed by atoms with Gasteiger partial charge in [0.05, 0.1) is 23.3 Å². The second-order valence-corrected chi connectivity index (χ2v) is 4.46. The van der Waals surface area contributed by atoms with Gasteiger partial charge in [-0.3, -0.25) is 4.98 Å². The first-order valence-electron chi connectivity index (χ1n) is 6.28. The minimum Gasteiger partial charge on any atom is -0.384 e. The molecule has 2 rings (SSSR count). The molecule has 5 heteroatoms. The molecule has 0 atom stereocenters. The van der Waals surface area contributed by atoms with Gasteiger partial charge >= 0.3 is 0 Å². The van der Waals surface area contributed by atoms with Gasteiger partial charge in [-0.05, 0) is 26.3 Å². The number of nitrogens with one attached hydrogen (secondary N) is 1. The molecular weight excluding hydrogens is 238 g/mol. The molecule has 5 nitrogen and oxygen atoms in total. The Morgan fingerprint density at radius 1 is 1.42 bits per heavy atom. The van der Waals surface area contributed by atoms with Gasteiger partial charge in [0, 0.05) is 31.2 Å². The second-order valence-electron chi connectivity index (χ2n) is 4.46. The number of pyridine rings is 1. The molecule has 0 aliphatic heterocycles. The molecule has 0 radical (unpaired) electrons. The summed E-state index contributed by atoms with van der Waals surface area (Å²) in [6, 6.07) is 4.12. The van der Waals surface area contributed by atoms with Gasteiger partial charge in [-0.1, -0.05) is 0 Å². The highest BCUT2D eigenvalue weighted by Gasteiger charge is 2.07. The van der Waals surface area contributed by atoms with Crippen molar-refractivity contribution in [1.29, 1.82) is 5.26 Å². The average molecular weight is 255 g/mol. The minimum absolute atomic E-state index is 0.633. The van der Waals surface area contributed by atoms with Gasteiger partial charge < -0.3 is 9.88 Å². The maximum Gasteiger partial charge on any atom is 0.103 e. The lowest BCUT2D eigenvalue weighted by Crippen LogP contribution is -2.08. The molecule has 0 bridgehead atoms. The van der Waals surface area contributed by atoms with E-state index in [0.29, 0.717) is 5.56 Å². The number of hydrogen-bond acceptors (Lipinski definition) is 4. The highest BCUT2D eigenvalue weighted by molar-refractivity contribution is 5.59. The van der Waals surface area contributed by atoms with Crippen LogP contribution in [-0.2, 0) is 6.54 Å². The third-order valence-corrected chi connectivity index (χ3v) is 2.91. The van der Waals surface area contributed by atoms with Gasteiger partial charge in [-0.25, -0.2) is 4.98 Å². The first-order chi connectivity index (χ1) is 9.20. The molecule has 1 N–H and O–H groups in total. The zero-order valence-corrected chi connectivity index (χ0v) is 11.2. The molecule has 0 spiro atoms. The molecular formula is C14H17N5. The largest absolute Gasteiger partial charge is 0.384 e. The van der Waals surface area contributed by atoms with E-state index in [9.17, 15) is 0 Å². The van der Waals surface area contributed by atoms with Crippen molar-refractivity contribution >= 4 is 5.69 Å². The van der Waals surface area contributed by atoms with Gasteiger partial charge in [0.15, 0.2) is 0 Å². The Morgan fingerprint density at radius 2 is 2.26 bits per heavy atom. The van der Waals surface area contributed by atoms with Crippen LogP contribution in [0.3, 0.4) is 0 Å². The third-order valence-electron chi connectivity index (χ3n) is 2.91. The van der Waals surface area contributed by atoms with Gasteiger partial charge in [0.1, 0.15) is 6.07 Å². The molecule has 19 heavy (non-hydrogen) atoms. The van der Waals surface area contributed by atoms with Crippen molar-refractivity contribution in [1.82, 2.24) is 14.5 Å². The van der Waals surface area contributed by atoms with Crippen LogP contribution in [0, 0.1) is 25.2 Å². The Kier molecular flexibility index (Phi) is 4.14. The second kappa shape index (κ2) is 6.01. The topological polar surface area (TPSA) is 66.5 Å². The lowest BCUT2D eigenvalue weighted by molar-refractivity contribution is 0.660. The van der Waals surface area contributed by atoms with Gasteiger partial charge in [0.25, 0.3) is 0 Å². The highest BCUT2D eigenvalue weighted by Crippen LogP contribution is 2.18. The SMILES string of the molecule is Cc1cc(NCCCn2ccnc2)c(C#N)c(C)n1. The Balaban J connectivity index is 1.94. The number of hydrogen-bond donors (Lipinski definition) is 1. The van der Waals surface area contributed by atoms with Crippen molar-refractivity contribution in [3.63, 3.8) is 0 Å². The molecule has 2 aromatic heterocycles. The Bertz CT molecular complexity index is 581. The first kappa shape index (κ1) is 13.1. The molecule has 0 aliphatic carbocycles. The summed E-state index contributed by atoms with van der Waals surface area (Å²) in [7, 11) is 0. The molecule has 2 aromatic rings. The molecule has 2 heterocycles. The third kappa shape index (κ3) is 3.32. The lowest BCUT2D eigenvalue weighted by Gasteiger charge is -2.11. The van der Waals surface area contributed by atoms with Crippen molar-refractivity contribution in [2.75, 3.05) is 11.9 Å². The van der Waals surface area contributed by atoms with E-state index in [1.807, 2.05) is 30.7 Å². The molecule has 0 aliphatic rings. The van der Waals surface area contributed by atoms with Crippen molar-refractivity contribution < 1.29 is 0 Å². The van der Waals surface area contributed by atoms with E-state index >= 15 is 0 Å². The standard InChI is InChI=1S/C14H17N5/c1-11-8-14(13(9-15)12(2)18-11)17-4-3-6-19-7-5-16-10-19/h5,7-8,10H,3-4,6H2,1-2H3,(H,17,18). The normalized spacial score (nSPS) is 10.2. The van der Waals surface area contributed by atoms with E-state index in [0.717, 1.165) is 36.6 Å². The minimum atomic E-state index is 0.633. The van der Waals surface area contributed by atoms with Crippen molar-refractivity contribution in [3.05, 3.63) is 41.7 Å². The summed E-state index contributed by atoms with van der Waals surface area (Å²) in [5.74, 6) is 0. The van der Waals surface area contributed by atoms with E-state index < -0.39 is 0 Å². The number of aromatic nitrogens is 3. The predicted molar refractivity (Wildman–Crippen MR) is 73.8 cm³/mol. The maximum atomic E-state index is 9.15. The summed E-state index contributed by atoms with van der Waals surface area (Å²) in [5.41, 5.74) is 3.21. The van der Waals surface area contributed by atoms with Crippen molar-refractivity contribution in [2.45, 2.75) is 26.8 Å². The Labute approximate surface area is 112 Å². The molecule has 0 fully saturated rings. The van der Waals surface area contributed by atoms with Crippen LogP contribution in [-0.4, -0.2) is 21.1 Å². The van der Waals surface area contributed by atoms with Crippen LogP contribution in [0.4, 0.5) is 5.69 Å². The fourth-order valence-corrected chi connectivity index (χ4v) is 2.01. The number of anilines is 1. The number of nitriles is 1. The first-order valence-corrected chi connectivity index (χ1v) is 6.28. The number of imidazole rings is 1. The fourth-order valence-electron chi connectivity index (χ4n) is 2.01. The monoisotopic (exact) mass is 255 g/mol. The predicted octanol–water partition coefficient (Wildman–Crippen LogP) is 2.27. The molecule has 0 saturated carbocycles. The summed E-state index contributed by atoms with van der Waals surface area (Å²) >= 11 is 0. The van der Waals surface area contributed by atoms with E-state index in [-0.39, 0.29) is 0 Å². The molecule has 0 saturated heterocycles. The van der Waals surface area contributed by atoms with E-state index in [1.54, 1.807) is 12.5 Å². The average Bonchev–Trinajstić information content (AvgIpc) is 2.87. The lowest BCUT2D eigenvalue weighted by atomic mass is 10.1. The quantitative estimate of drug-likeness (QED) is 0.832. The Hall–Kier alpha value is -2.35. The maximum absolute atomic E-state index is 9.15. The van der Waals surface area contributed by atoms with Crippen LogP contribution in [0.1, 0.15) is 23.4 Å². The van der Waals surface area contributed by atoms with Crippen molar-refractivity contribution in [2.24, 2.45) is 0 Å². The van der Waals surface area contributed by atoms with E-state index in [2.05, 4.69) is 21.4 Å². The van der Waals surface area contributed by atoms with E-state index in [1.165, 1.54) is 0 Å². The van der Waals surface area contributed by atoms with Gasteiger partial charge in [0.2, 0.25) is 0 Å². The molecule has 0 amide bonds. The zero-order chi connectivity index (χ0) is 13.7. The molecule has 0 unspecified atom stereocenters. The van der Waals surface area contributed by atoms with Crippen LogP contribution in [0.15, 0.2) is 24.8 Å². The van der Waals surface area contributed by atoms with Crippen LogP contribution in [0.25, 0.3) is 0 Å². The summed E-state index contributed by atoms with van der Waals surface area (Å²) in [6.07, 6.45) is 6.50. The van der Waals surface area contributed by atoms with E-state index in [4.69, 9.17) is 5.26 Å². The van der Waals surface area contributed by atoms with Crippen LogP contribution >= 0.6 is 0 Å².